The number of benzene rings is 1. The van der Waals surface area contributed by atoms with E-state index in [4.69, 9.17) is 5.73 Å². The van der Waals surface area contributed by atoms with E-state index in [0.29, 0.717) is 6.42 Å². The Labute approximate surface area is 111 Å². The molecule has 0 aromatic heterocycles. The van der Waals surface area contributed by atoms with Crippen molar-refractivity contribution in [3.05, 3.63) is 24.0 Å². The summed E-state index contributed by atoms with van der Waals surface area (Å²) in [5.41, 5.74) is 5.44. The monoisotopic (exact) mass is 292 g/mol. The van der Waals surface area contributed by atoms with Gasteiger partial charge in [-0.2, -0.15) is 11.8 Å². The van der Waals surface area contributed by atoms with E-state index in [0.717, 1.165) is 11.8 Å². The second kappa shape index (κ2) is 6.40. The van der Waals surface area contributed by atoms with Gasteiger partial charge in [0.25, 0.3) is 0 Å². The smallest absolute Gasteiger partial charge is 0.245 e. The predicted molar refractivity (Wildman–Crippen MR) is 73.6 cm³/mol. The van der Waals surface area contributed by atoms with Gasteiger partial charge in [0, 0.05) is 6.04 Å². The Kier molecular flexibility index (Phi) is 5.43. The van der Waals surface area contributed by atoms with Crippen molar-refractivity contribution in [3.63, 3.8) is 0 Å². The lowest BCUT2D eigenvalue weighted by Crippen LogP contribution is -2.34. The van der Waals surface area contributed by atoms with Crippen molar-refractivity contribution in [1.29, 1.82) is 0 Å². The first kappa shape index (κ1) is 15.3. The Morgan fingerprint density at radius 2 is 2.17 bits per heavy atom. The van der Waals surface area contributed by atoms with Gasteiger partial charge in [0.05, 0.1) is 5.69 Å². The number of hydrogen-bond donors (Lipinski definition) is 2. The first-order valence-corrected chi connectivity index (χ1v) is 8.31. The van der Waals surface area contributed by atoms with Gasteiger partial charge >= 0.3 is 0 Å². The highest BCUT2D eigenvalue weighted by Crippen LogP contribution is 2.21. The van der Waals surface area contributed by atoms with Crippen molar-refractivity contribution < 1.29 is 12.8 Å². The highest BCUT2D eigenvalue weighted by molar-refractivity contribution is 7.98. The molecule has 0 aliphatic carbocycles. The van der Waals surface area contributed by atoms with Gasteiger partial charge in [-0.3, -0.25) is 0 Å². The second-order valence-corrected chi connectivity index (χ2v) is 6.60. The lowest BCUT2D eigenvalue weighted by Gasteiger charge is -2.15. The molecule has 1 unspecified atom stereocenters. The molecule has 0 fully saturated rings. The van der Waals surface area contributed by atoms with Gasteiger partial charge in [-0.25, -0.2) is 17.5 Å². The largest absolute Gasteiger partial charge is 0.398 e. The molecule has 0 amide bonds. The Morgan fingerprint density at radius 1 is 1.50 bits per heavy atom. The Morgan fingerprint density at radius 3 is 2.72 bits per heavy atom. The number of anilines is 1. The maximum absolute atomic E-state index is 13.5. The lowest BCUT2D eigenvalue weighted by molar-refractivity contribution is 0.541. The molecule has 1 aromatic carbocycles. The number of halogens is 1. The number of nitrogens with one attached hydrogen (secondary N) is 1. The molecule has 4 nitrogen and oxygen atoms in total. The minimum Gasteiger partial charge on any atom is -0.398 e. The average Bonchev–Trinajstić information content (AvgIpc) is 2.25. The third-order valence-electron chi connectivity index (χ3n) is 2.38. The minimum atomic E-state index is -3.91. The van der Waals surface area contributed by atoms with E-state index in [1.54, 1.807) is 18.7 Å². The van der Waals surface area contributed by atoms with Crippen molar-refractivity contribution in [2.75, 3.05) is 17.7 Å². The molecule has 0 aliphatic rings. The van der Waals surface area contributed by atoms with E-state index in [-0.39, 0.29) is 11.7 Å². The van der Waals surface area contributed by atoms with E-state index >= 15 is 0 Å². The molecular weight excluding hydrogens is 275 g/mol. The zero-order chi connectivity index (χ0) is 13.8. The third kappa shape index (κ3) is 3.86. The molecule has 0 radical (unpaired) electrons. The summed E-state index contributed by atoms with van der Waals surface area (Å²) in [6.07, 6.45) is 2.62. The number of nitrogens with two attached hydrogens (primary N) is 1. The van der Waals surface area contributed by atoms with Gasteiger partial charge in [-0.05, 0) is 37.5 Å². The summed E-state index contributed by atoms with van der Waals surface area (Å²) in [5.74, 6) is -0.00393. The molecule has 0 spiro atoms. The molecule has 0 saturated carbocycles. The van der Waals surface area contributed by atoms with Gasteiger partial charge in [-0.1, -0.05) is 6.07 Å². The van der Waals surface area contributed by atoms with Crippen LogP contribution in [0.5, 0.6) is 0 Å². The highest BCUT2D eigenvalue weighted by Gasteiger charge is 2.23. The van der Waals surface area contributed by atoms with Crippen molar-refractivity contribution in [2.24, 2.45) is 0 Å². The van der Waals surface area contributed by atoms with E-state index in [1.807, 2.05) is 6.26 Å². The van der Waals surface area contributed by atoms with Gasteiger partial charge in [0.15, 0.2) is 0 Å². The molecule has 102 valence electrons. The average molecular weight is 292 g/mol. The van der Waals surface area contributed by atoms with Crippen molar-refractivity contribution >= 4 is 27.5 Å². The molecule has 18 heavy (non-hydrogen) atoms. The van der Waals surface area contributed by atoms with Crippen LogP contribution < -0.4 is 10.5 Å². The Hall–Kier alpha value is -0.790. The van der Waals surface area contributed by atoms with Crippen LogP contribution in [-0.4, -0.2) is 26.5 Å². The van der Waals surface area contributed by atoms with Crippen LogP contribution in [0, 0.1) is 5.82 Å². The summed E-state index contributed by atoms with van der Waals surface area (Å²) in [7, 11) is -3.91. The van der Waals surface area contributed by atoms with Crippen LogP contribution in [0.2, 0.25) is 0 Å². The van der Waals surface area contributed by atoms with Crippen LogP contribution in [0.3, 0.4) is 0 Å². The van der Waals surface area contributed by atoms with E-state index in [2.05, 4.69) is 4.72 Å². The number of nitrogen functional groups attached to an aromatic ring is 1. The maximum atomic E-state index is 13.5. The van der Waals surface area contributed by atoms with Gasteiger partial charge in [0.1, 0.15) is 10.7 Å². The van der Waals surface area contributed by atoms with E-state index < -0.39 is 20.7 Å². The molecule has 0 bridgehead atoms. The molecule has 0 heterocycles. The number of hydrogen-bond acceptors (Lipinski definition) is 4. The van der Waals surface area contributed by atoms with Gasteiger partial charge < -0.3 is 5.73 Å². The van der Waals surface area contributed by atoms with E-state index in [1.165, 1.54) is 12.1 Å². The standard InChI is InChI=1S/C11H17FN2O2S2/c1-8(6-7-17-2)14-18(15,16)11-9(12)4-3-5-10(11)13/h3-5,8,14H,6-7,13H2,1-2H3. The van der Waals surface area contributed by atoms with Crippen LogP contribution in [0.1, 0.15) is 13.3 Å². The molecule has 0 saturated heterocycles. The van der Waals surface area contributed by atoms with E-state index in [9.17, 15) is 12.8 Å². The minimum absolute atomic E-state index is 0.0837. The van der Waals surface area contributed by atoms with Crippen LogP contribution in [0.4, 0.5) is 10.1 Å². The molecule has 1 aromatic rings. The van der Waals surface area contributed by atoms with Crippen molar-refractivity contribution in [2.45, 2.75) is 24.3 Å². The summed E-state index contributed by atoms with van der Waals surface area (Å²) < 4.78 is 40.0. The number of rotatable bonds is 6. The first-order valence-electron chi connectivity index (χ1n) is 5.43. The normalized spacial score (nSPS) is 13.5. The van der Waals surface area contributed by atoms with Crippen molar-refractivity contribution in [3.8, 4) is 0 Å². The van der Waals surface area contributed by atoms with Crippen LogP contribution in [-0.2, 0) is 10.0 Å². The molecule has 3 N–H and O–H groups in total. The maximum Gasteiger partial charge on any atom is 0.245 e. The zero-order valence-electron chi connectivity index (χ0n) is 10.3. The first-order chi connectivity index (χ1) is 8.38. The van der Waals surface area contributed by atoms with Crippen LogP contribution >= 0.6 is 11.8 Å². The molecule has 0 aliphatic heterocycles. The fraction of sp³-hybridized carbons (Fsp3) is 0.455. The molecule has 1 atom stereocenters. The van der Waals surface area contributed by atoms with Crippen molar-refractivity contribution in [1.82, 2.24) is 4.72 Å². The lowest BCUT2D eigenvalue weighted by atomic mass is 10.3. The second-order valence-electron chi connectivity index (χ2n) is 3.96. The fourth-order valence-corrected chi connectivity index (χ4v) is 3.54. The summed E-state index contributed by atoms with van der Waals surface area (Å²) in [6.45, 7) is 1.74. The van der Waals surface area contributed by atoms with Gasteiger partial charge in [0.2, 0.25) is 10.0 Å². The zero-order valence-corrected chi connectivity index (χ0v) is 11.9. The predicted octanol–water partition coefficient (Wildman–Crippen LogP) is 1.83. The summed E-state index contributed by atoms with van der Waals surface area (Å²) in [5, 5.41) is 0. The number of sulfonamides is 1. The molecule has 1 rings (SSSR count). The molecular formula is C11H17FN2O2S2. The summed E-state index contributed by atoms with van der Waals surface area (Å²) in [4.78, 5) is -0.471. The van der Waals surface area contributed by atoms with Crippen LogP contribution in [0.15, 0.2) is 23.1 Å². The van der Waals surface area contributed by atoms with Crippen LogP contribution in [0.25, 0.3) is 0 Å². The third-order valence-corrected chi connectivity index (χ3v) is 4.70. The summed E-state index contributed by atoms with van der Waals surface area (Å²) in [6, 6.07) is 3.56. The SMILES string of the molecule is CSCCC(C)NS(=O)(=O)c1c(N)cccc1F. The Balaban J connectivity index is 2.93. The summed E-state index contributed by atoms with van der Waals surface area (Å²) >= 11 is 1.62. The topological polar surface area (TPSA) is 72.2 Å². The molecule has 7 heteroatoms. The Bertz CT molecular complexity index is 486. The number of thioether (sulfide) groups is 1. The fourth-order valence-electron chi connectivity index (χ4n) is 1.49. The highest BCUT2D eigenvalue weighted by atomic mass is 32.2. The van der Waals surface area contributed by atoms with Gasteiger partial charge in [-0.15, -0.1) is 0 Å². The quantitative estimate of drug-likeness (QED) is 0.785.